The molecule has 0 saturated carbocycles. The number of rotatable bonds is 6. The van der Waals surface area contributed by atoms with Gasteiger partial charge in [0.1, 0.15) is 0 Å². The van der Waals surface area contributed by atoms with E-state index in [0.717, 1.165) is 0 Å². The molecular formula is C16H23N3O6S. The maximum Gasteiger partial charge on any atom is 0.310 e. The highest BCUT2D eigenvalue weighted by Crippen LogP contribution is 2.25. The quantitative estimate of drug-likeness (QED) is 0.627. The third kappa shape index (κ3) is 4.71. The van der Waals surface area contributed by atoms with Crippen molar-refractivity contribution in [2.24, 2.45) is 10.6 Å². The van der Waals surface area contributed by atoms with Gasteiger partial charge in [-0.05, 0) is 32.0 Å². The van der Waals surface area contributed by atoms with Gasteiger partial charge in [0.05, 0.1) is 29.1 Å². The average molecular weight is 385 g/mol. The van der Waals surface area contributed by atoms with Crippen molar-refractivity contribution in [3.63, 3.8) is 0 Å². The van der Waals surface area contributed by atoms with E-state index in [4.69, 9.17) is 15.0 Å². The van der Waals surface area contributed by atoms with Crippen molar-refractivity contribution in [1.29, 1.82) is 0 Å². The number of ether oxygens (including phenoxy) is 1. The van der Waals surface area contributed by atoms with Crippen molar-refractivity contribution in [3.05, 3.63) is 23.8 Å². The lowest BCUT2D eigenvalue weighted by Crippen LogP contribution is -2.41. The van der Waals surface area contributed by atoms with E-state index < -0.39 is 27.3 Å². The Morgan fingerprint density at radius 2 is 1.92 bits per heavy atom. The zero-order valence-corrected chi connectivity index (χ0v) is 15.5. The molecule has 1 aliphatic rings. The van der Waals surface area contributed by atoms with Gasteiger partial charge in [-0.1, -0.05) is 0 Å². The third-order valence-corrected chi connectivity index (χ3v) is 5.07. The zero-order valence-electron chi connectivity index (χ0n) is 14.7. The number of morpholine rings is 1. The summed E-state index contributed by atoms with van der Waals surface area (Å²) in [5.41, 5.74) is -0.488. The number of primary sulfonamides is 1. The van der Waals surface area contributed by atoms with E-state index in [2.05, 4.69) is 5.32 Å². The average Bonchev–Trinajstić information content (AvgIpc) is 2.59. The number of sulfonamides is 1. The van der Waals surface area contributed by atoms with Crippen LogP contribution >= 0.6 is 0 Å². The molecule has 9 nitrogen and oxygen atoms in total. The summed E-state index contributed by atoms with van der Waals surface area (Å²) in [6, 6.07) is 4.09. The monoisotopic (exact) mass is 385 g/mol. The number of hydrogen-bond donors (Lipinski definition) is 3. The highest BCUT2D eigenvalue weighted by atomic mass is 32.2. The van der Waals surface area contributed by atoms with Gasteiger partial charge in [-0.15, -0.1) is 0 Å². The molecule has 1 heterocycles. The second-order valence-corrected chi connectivity index (χ2v) is 8.26. The minimum atomic E-state index is -3.98. The van der Waals surface area contributed by atoms with Gasteiger partial charge in [-0.3, -0.25) is 9.59 Å². The van der Waals surface area contributed by atoms with Crippen LogP contribution in [-0.4, -0.2) is 58.2 Å². The van der Waals surface area contributed by atoms with Crippen LogP contribution < -0.4 is 15.4 Å². The summed E-state index contributed by atoms with van der Waals surface area (Å²) in [4.78, 5) is 25.6. The van der Waals surface area contributed by atoms with E-state index in [1.807, 2.05) is 4.90 Å². The zero-order chi connectivity index (χ0) is 19.5. The molecule has 0 radical (unpaired) electrons. The number of aliphatic carboxylic acids is 1. The van der Waals surface area contributed by atoms with Crippen LogP contribution in [0.5, 0.6) is 0 Å². The number of hydrogen-bond acceptors (Lipinski definition) is 6. The van der Waals surface area contributed by atoms with Gasteiger partial charge in [0.2, 0.25) is 10.0 Å². The van der Waals surface area contributed by atoms with Gasteiger partial charge in [0.15, 0.2) is 0 Å². The standard InChI is InChI=1S/C16H23N3O6S/c1-16(2,15(21)22)10-18-14(20)12-9-11(26(17,23)24)3-4-13(12)19-5-7-25-8-6-19/h3-4,9H,5-8,10H2,1-2H3,(H,18,20)(H,21,22)(H2,17,23,24). The molecule has 1 aromatic carbocycles. The van der Waals surface area contributed by atoms with Gasteiger partial charge < -0.3 is 20.1 Å². The van der Waals surface area contributed by atoms with E-state index >= 15 is 0 Å². The van der Waals surface area contributed by atoms with E-state index in [9.17, 15) is 18.0 Å². The molecule has 26 heavy (non-hydrogen) atoms. The molecule has 0 spiro atoms. The largest absolute Gasteiger partial charge is 0.481 e. The molecule has 0 bridgehead atoms. The first-order valence-corrected chi connectivity index (χ1v) is 9.58. The SMILES string of the molecule is CC(C)(CNC(=O)c1cc(S(N)(=O)=O)ccc1N1CCOCC1)C(=O)O. The lowest BCUT2D eigenvalue weighted by atomic mass is 9.94. The molecule has 1 amide bonds. The predicted octanol–water partition coefficient (Wildman–Crippen LogP) is 0.0112. The van der Waals surface area contributed by atoms with Crippen LogP contribution in [0.2, 0.25) is 0 Å². The first-order valence-electron chi connectivity index (χ1n) is 8.03. The predicted molar refractivity (Wildman–Crippen MR) is 94.6 cm³/mol. The summed E-state index contributed by atoms with van der Waals surface area (Å²) in [7, 11) is -3.98. The van der Waals surface area contributed by atoms with E-state index in [0.29, 0.717) is 32.0 Å². The van der Waals surface area contributed by atoms with Gasteiger partial charge in [0.25, 0.3) is 5.91 Å². The normalized spacial score (nSPS) is 15.6. The summed E-state index contributed by atoms with van der Waals surface area (Å²) in [5, 5.41) is 16.9. The van der Waals surface area contributed by atoms with Crippen LogP contribution in [0.15, 0.2) is 23.1 Å². The summed E-state index contributed by atoms with van der Waals surface area (Å²) in [6.07, 6.45) is 0. The molecule has 0 atom stereocenters. The molecule has 0 unspecified atom stereocenters. The lowest BCUT2D eigenvalue weighted by molar-refractivity contribution is -0.146. The van der Waals surface area contributed by atoms with Crippen LogP contribution in [0.25, 0.3) is 0 Å². The Morgan fingerprint density at radius 3 is 2.46 bits per heavy atom. The van der Waals surface area contributed by atoms with Crippen LogP contribution in [0, 0.1) is 5.41 Å². The molecular weight excluding hydrogens is 362 g/mol. The topological polar surface area (TPSA) is 139 Å². The number of benzene rings is 1. The Balaban J connectivity index is 2.35. The minimum Gasteiger partial charge on any atom is -0.481 e. The van der Waals surface area contributed by atoms with Crippen molar-refractivity contribution in [2.45, 2.75) is 18.7 Å². The first kappa shape index (κ1) is 20.1. The maximum atomic E-state index is 12.7. The number of anilines is 1. The van der Waals surface area contributed by atoms with Crippen LogP contribution in [0.3, 0.4) is 0 Å². The smallest absolute Gasteiger partial charge is 0.310 e. The number of carboxylic acid groups (broad SMARTS) is 1. The highest BCUT2D eigenvalue weighted by molar-refractivity contribution is 7.89. The first-order chi connectivity index (χ1) is 12.0. The maximum absolute atomic E-state index is 12.7. The molecule has 10 heteroatoms. The molecule has 1 aromatic rings. The number of carbonyl (C=O) groups excluding carboxylic acids is 1. The van der Waals surface area contributed by atoms with Crippen LogP contribution in [0.4, 0.5) is 5.69 Å². The molecule has 144 valence electrons. The molecule has 1 aliphatic heterocycles. The number of carbonyl (C=O) groups is 2. The second kappa shape index (κ2) is 7.60. The number of nitrogens with one attached hydrogen (secondary N) is 1. The minimum absolute atomic E-state index is 0.108. The Bertz CT molecular complexity index is 800. The molecule has 0 aromatic heterocycles. The summed E-state index contributed by atoms with van der Waals surface area (Å²) < 4.78 is 28.6. The fourth-order valence-electron chi connectivity index (χ4n) is 2.43. The second-order valence-electron chi connectivity index (χ2n) is 6.70. The van der Waals surface area contributed by atoms with Crippen molar-refractivity contribution < 1.29 is 27.9 Å². The van der Waals surface area contributed by atoms with Crippen molar-refractivity contribution in [3.8, 4) is 0 Å². The Morgan fingerprint density at radius 1 is 1.31 bits per heavy atom. The Hall–Kier alpha value is -2.17. The number of carboxylic acids is 1. The number of amides is 1. The van der Waals surface area contributed by atoms with E-state index in [1.165, 1.54) is 32.0 Å². The van der Waals surface area contributed by atoms with Crippen molar-refractivity contribution in [1.82, 2.24) is 5.32 Å². The molecule has 0 aliphatic carbocycles. The van der Waals surface area contributed by atoms with E-state index in [1.54, 1.807) is 0 Å². The fourth-order valence-corrected chi connectivity index (χ4v) is 2.97. The Labute approximate surface area is 152 Å². The molecule has 1 fully saturated rings. The Kier molecular flexibility index (Phi) is 5.89. The number of nitrogens with zero attached hydrogens (tertiary/aromatic N) is 1. The lowest BCUT2D eigenvalue weighted by Gasteiger charge is -2.30. The molecule has 2 rings (SSSR count). The van der Waals surface area contributed by atoms with Crippen molar-refractivity contribution >= 4 is 27.6 Å². The summed E-state index contributed by atoms with van der Waals surface area (Å²) in [6.45, 7) is 4.95. The molecule has 4 N–H and O–H groups in total. The van der Waals surface area contributed by atoms with Crippen LogP contribution in [-0.2, 0) is 19.6 Å². The van der Waals surface area contributed by atoms with Gasteiger partial charge in [-0.2, -0.15) is 0 Å². The van der Waals surface area contributed by atoms with Crippen molar-refractivity contribution in [2.75, 3.05) is 37.7 Å². The summed E-state index contributed by atoms with van der Waals surface area (Å²) in [5.74, 6) is -1.61. The van der Waals surface area contributed by atoms with Gasteiger partial charge >= 0.3 is 5.97 Å². The molecule has 1 saturated heterocycles. The fraction of sp³-hybridized carbons (Fsp3) is 0.500. The third-order valence-electron chi connectivity index (χ3n) is 4.16. The summed E-state index contributed by atoms with van der Waals surface area (Å²) >= 11 is 0. The number of nitrogens with two attached hydrogens (primary N) is 1. The van der Waals surface area contributed by atoms with E-state index in [-0.39, 0.29) is 17.0 Å². The highest BCUT2D eigenvalue weighted by Gasteiger charge is 2.29. The van der Waals surface area contributed by atoms with Gasteiger partial charge in [-0.25, -0.2) is 13.6 Å². The van der Waals surface area contributed by atoms with Crippen LogP contribution in [0.1, 0.15) is 24.2 Å². The van der Waals surface area contributed by atoms with Gasteiger partial charge in [0, 0.05) is 25.3 Å².